The Bertz CT molecular complexity index is 368. The van der Waals surface area contributed by atoms with Gasteiger partial charge in [-0.05, 0) is 55.8 Å². The van der Waals surface area contributed by atoms with Gasteiger partial charge in [0.1, 0.15) is 0 Å². The number of rotatable bonds is 4. The summed E-state index contributed by atoms with van der Waals surface area (Å²) in [6.07, 6.45) is 12.2. The third-order valence-corrected chi connectivity index (χ3v) is 6.02. The third-order valence-electron chi connectivity index (χ3n) is 6.02. The maximum Gasteiger partial charge on any atom is 0.223 e. The Kier molecular flexibility index (Phi) is 6.57. The van der Waals surface area contributed by atoms with E-state index in [0.29, 0.717) is 24.4 Å². The third kappa shape index (κ3) is 5.50. The first-order valence-electron chi connectivity index (χ1n) is 10.1. The molecular formula is C21H39NO. The predicted octanol–water partition coefficient (Wildman–Crippen LogP) is 5.80. The van der Waals surface area contributed by atoms with E-state index in [2.05, 4.69) is 39.5 Å². The molecule has 0 saturated heterocycles. The summed E-state index contributed by atoms with van der Waals surface area (Å²) in [5, 5.41) is 0. The summed E-state index contributed by atoms with van der Waals surface area (Å²) in [4.78, 5) is 15.5. The Morgan fingerprint density at radius 1 is 0.913 bits per heavy atom. The topological polar surface area (TPSA) is 20.3 Å². The lowest BCUT2D eigenvalue weighted by molar-refractivity contribution is -0.140. The van der Waals surface area contributed by atoms with E-state index in [-0.39, 0.29) is 5.41 Å². The highest BCUT2D eigenvalue weighted by atomic mass is 16.2. The maximum atomic E-state index is 13.1. The molecule has 0 heterocycles. The van der Waals surface area contributed by atoms with E-state index < -0.39 is 0 Å². The Morgan fingerprint density at radius 2 is 1.43 bits per heavy atom. The fraction of sp³-hybridized carbons (Fsp3) is 0.952. The van der Waals surface area contributed by atoms with Crippen molar-refractivity contribution in [3.05, 3.63) is 0 Å². The number of hydrogen-bond acceptors (Lipinski definition) is 1. The van der Waals surface area contributed by atoms with Gasteiger partial charge in [0, 0.05) is 18.5 Å². The Labute approximate surface area is 144 Å². The molecule has 0 spiro atoms. The van der Waals surface area contributed by atoms with Crippen LogP contribution < -0.4 is 0 Å². The zero-order valence-electron chi connectivity index (χ0n) is 16.2. The first-order valence-corrected chi connectivity index (χ1v) is 10.1. The fourth-order valence-corrected chi connectivity index (χ4v) is 4.66. The molecule has 0 aromatic heterocycles. The second kappa shape index (κ2) is 8.03. The van der Waals surface area contributed by atoms with E-state index >= 15 is 0 Å². The highest BCUT2D eigenvalue weighted by molar-refractivity contribution is 5.77. The van der Waals surface area contributed by atoms with Crippen LogP contribution in [0.3, 0.4) is 0 Å². The van der Waals surface area contributed by atoms with Gasteiger partial charge in [-0.3, -0.25) is 4.79 Å². The molecule has 0 N–H and O–H groups in total. The van der Waals surface area contributed by atoms with Gasteiger partial charge in [-0.15, -0.1) is 0 Å². The van der Waals surface area contributed by atoms with Gasteiger partial charge in [-0.1, -0.05) is 53.9 Å². The van der Waals surface area contributed by atoms with Crippen LogP contribution in [0.25, 0.3) is 0 Å². The molecule has 0 unspecified atom stereocenters. The number of carbonyl (C=O) groups is 1. The van der Waals surface area contributed by atoms with Crippen LogP contribution in [0.1, 0.15) is 98.8 Å². The van der Waals surface area contributed by atoms with Crippen LogP contribution in [-0.4, -0.2) is 22.9 Å². The van der Waals surface area contributed by atoms with Crippen molar-refractivity contribution >= 4 is 5.91 Å². The number of nitrogens with zero attached hydrogens (tertiary/aromatic N) is 1. The quantitative estimate of drug-likeness (QED) is 0.641. The SMILES string of the molecule is CC(C)C1CCC(N(C(=O)CC(C)(C)C)C2CCCCC2)CC1. The minimum absolute atomic E-state index is 0.0964. The second-order valence-electron chi connectivity index (χ2n) is 9.64. The van der Waals surface area contributed by atoms with Crippen LogP contribution in [0.15, 0.2) is 0 Å². The number of hydrogen-bond donors (Lipinski definition) is 0. The lowest BCUT2D eigenvalue weighted by Gasteiger charge is -2.44. The highest BCUT2D eigenvalue weighted by Crippen LogP contribution is 2.36. The van der Waals surface area contributed by atoms with Crippen LogP contribution in [0.5, 0.6) is 0 Å². The van der Waals surface area contributed by atoms with E-state index in [4.69, 9.17) is 0 Å². The summed E-state index contributed by atoms with van der Waals surface area (Å²) in [6.45, 7) is 11.3. The van der Waals surface area contributed by atoms with Crippen molar-refractivity contribution in [2.45, 2.75) is 111 Å². The molecule has 23 heavy (non-hydrogen) atoms. The standard InChI is InChI=1S/C21H39NO/c1-16(2)17-11-13-19(14-12-17)22(18-9-7-6-8-10-18)20(23)15-21(3,4)5/h16-19H,6-15H2,1-5H3. The zero-order valence-corrected chi connectivity index (χ0v) is 16.2. The van der Waals surface area contributed by atoms with E-state index in [0.717, 1.165) is 11.8 Å². The normalized spacial score (nSPS) is 27.2. The molecule has 0 aromatic carbocycles. The molecule has 2 rings (SSSR count). The van der Waals surface area contributed by atoms with E-state index in [1.165, 1.54) is 57.8 Å². The molecule has 2 aliphatic carbocycles. The molecule has 2 heteroatoms. The molecule has 2 aliphatic rings. The van der Waals surface area contributed by atoms with Gasteiger partial charge in [0.05, 0.1) is 0 Å². The van der Waals surface area contributed by atoms with Gasteiger partial charge >= 0.3 is 0 Å². The van der Waals surface area contributed by atoms with Gasteiger partial charge in [-0.2, -0.15) is 0 Å². The summed E-state index contributed by atoms with van der Waals surface area (Å²) in [7, 11) is 0. The number of amides is 1. The Morgan fingerprint density at radius 3 is 1.91 bits per heavy atom. The fourth-order valence-electron chi connectivity index (χ4n) is 4.66. The Hall–Kier alpha value is -0.530. The van der Waals surface area contributed by atoms with Crippen LogP contribution in [0.2, 0.25) is 0 Å². The Balaban J connectivity index is 2.05. The van der Waals surface area contributed by atoms with Crippen LogP contribution in [0.4, 0.5) is 0 Å². The van der Waals surface area contributed by atoms with Gasteiger partial charge < -0.3 is 4.90 Å². The molecule has 0 bridgehead atoms. The van der Waals surface area contributed by atoms with Gasteiger partial charge in [0.25, 0.3) is 0 Å². The van der Waals surface area contributed by atoms with Gasteiger partial charge in [0.2, 0.25) is 5.91 Å². The molecule has 134 valence electrons. The molecule has 2 nitrogen and oxygen atoms in total. The molecular weight excluding hydrogens is 282 g/mol. The lowest BCUT2D eigenvalue weighted by atomic mass is 9.78. The van der Waals surface area contributed by atoms with Crippen LogP contribution >= 0.6 is 0 Å². The maximum absolute atomic E-state index is 13.1. The van der Waals surface area contributed by atoms with Crippen molar-refractivity contribution in [1.82, 2.24) is 4.90 Å². The van der Waals surface area contributed by atoms with Crippen molar-refractivity contribution in [2.75, 3.05) is 0 Å². The highest BCUT2D eigenvalue weighted by Gasteiger charge is 2.35. The molecule has 2 saturated carbocycles. The summed E-state index contributed by atoms with van der Waals surface area (Å²) in [5.41, 5.74) is 0.0964. The molecule has 0 radical (unpaired) electrons. The smallest absolute Gasteiger partial charge is 0.223 e. The van der Waals surface area contributed by atoms with Crippen LogP contribution in [0, 0.1) is 17.3 Å². The first kappa shape index (κ1) is 18.8. The van der Waals surface area contributed by atoms with E-state index in [1.807, 2.05) is 0 Å². The minimum atomic E-state index is 0.0964. The van der Waals surface area contributed by atoms with Crippen LogP contribution in [-0.2, 0) is 4.79 Å². The largest absolute Gasteiger partial charge is 0.337 e. The lowest BCUT2D eigenvalue weighted by Crippen LogP contribution is -2.50. The minimum Gasteiger partial charge on any atom is -0.337 e. The average Bonchev–Trinajstić information content (AvgIpc) is 2.47. The number of carbonyl (C=O) groups excluding carboxylic acids is 1. The molecule has 0 atom stereocenters. The van der Waals surface area contributed by atoms with Gasteiger partial charge in [-0.25, -0.2) is 0 Å². The van der Waals surface area contributed by atoms with Crippen molar-refractivity contribution in [3.8, 4) is 0 Å². The summed E-state index contributed by atoms with van der Waals surface area (Å²) >= 11 is 0. The van der Waals surface area contributed by atoms with Crippen molar-refractivity contribution in [3.63, 3.8) is 0 Å². The van der Waals surface area contributed by atoms with Crippen molar-refractivity contribution in [1.29, 1.82) is 0 Å². The monoisotopic (exact) mass is 321 g/mol. The van der Waals surface area contributed by atoms with E-state index in [9.17, 15) is 4.79 Å². The van der Waals surface area contributed by atoms with Crippen molar-refractivity contribution in [2.24, 2.45) is 17.3 Å². The molecule has 1 amide bonds. The second-order valence-corrected chi connectivity index (χ2v) is 9.64. The summed E-state index contributed by atoms with van der Waals surface area (Å²) in [6, 6.07) is 1.04. The molecule has 2 fully saturated rings. The summed E-state index contributed by atoms with van der Waals surface area (Å²) < 4.78 is 0. The van der Waals surface area contributed by atoms with E-state index in [1.54, 1.807) is 0 Å². The summed E-state index contributed by atoms with van der Waals surface area (Å²) in [5.74, 6) is 2.10. The predicted molar refractivity (Wildman–Crippen MR) is 98.4 cm³/mol. The average molecular weight is 322 g/mol. The molecule has 0 aliphatic heterocycles. The zero-order chi connectivity index (χ0) is 17.0. The van der Waals surface area contributed by atoms with Gasteiger partial charge in [0.15, 0.2) is 0 Å². The first-order chi connectivity index (χ1) is 10.8. The molecule has 0 aromatic rings. The van der Waals surface area contributed by atoms with Crippen molar-refractivity contribution < 1.29 is 4.79 Å².